The molecule has 1 spiro atoms. The van der Waals surface area contributed by atoms with Gasteiger partial charge in [0.1, 0.15) is 0 Å². The van der Waals surface area contributed by atoms with E-state index in [0.717, 1.165) is 38.3 Å². The molecule has 0 saturated carbocycles. The molecular weight excluding hydrogens is 540 g/mol. The minimum absolute atomic E-state index is 0.0263. The van der Waals surface area contributed by atoms with Crippen LogP contribution in [0.2, 0.25) is 0 Å². The average Bonchev–Trinajstić information content (AvgIpc) is 3.43. The van der Waals surface area contributed by atoms with E-state index in [0.29, 0.717) is 6.54 Å². The van der Waals surface area contributed by atoms with Gasteiger partial charge in [0.15, 0.2) is 0 Å². The lowest BCUT2D eigenvalue weighted by Gasteiger charge is -2.46. The summed E-state index contributed by atoms with van der Waals surface area (Å²) in [5.74, 6) is -5.36. The van der Waals surface area contributed by atoms with Gasteiger partial charge in [-0.15, -0.1) is 0 Å². The molecule has 0 aliphatic carbocycles. The van der Waals surface area contributed by atoms with Crippen LogP contribution in [0.4, 0.5) is 32.0 Å². The van der Waals surface area contributed by atoms with E-state index in [9.17, 15) is 31.1 Å². The van der Waals surface area contributed by atoms with Gasteiger partial charge < -0.3 is 15.1 Å². The Morgan fingerprint density at radius 1 is 0.974 bits per heavy atom. The first-order valence-corrected chi connectivity index (χ1v) is 11.3. The first-order valence-electron chi connectivity index (χ1n) is 11.3. The first kappa shape index (κ1) is 31.6. The van der Waals surface area contributed by atoms with Gasteiger partial charge in [-0.05, 0) is 19.0 Å². The first-order chi connectivity index (χ1) is 17.9. The molecule has 39 heavy (non-hydrogen) atoms. The van der Waals surface area contributed by atoms with Gasteiger partial charge in [-0.25, -0.2) is 9.59 Å². The normalized spacial score (nSPS) is 20.2. The standard InChI is InChI=1S/C19H25N5O.2C2HF3O2/c1-21-13-18(25)24(17-10-20-22(2)12-17)15-19(21)8-9-23(14-19)11-16-6-4-3-5-7-16;2*3-2(4,5)1(6)7/h3-7,10,12H,8-9,11,13-15H2,1-2H3;2*(H,6,7). The fourth-order valence-electron chi connectivity index (χ4n) is 4.10. The number of amides is 1. The van der Waals surface area contributed by atoms with E-state index in [1.165, 1.54) is 5.56 Å². The molecule has 1 atom stereocenters. The summed E-state index contributed by atoms with van der Waals surface area (Å²) in [6.07, 6.45) is -5.37. The number of carbonyl (C=O) groups excluding carboxylic acids is 1. The second-order valence-corrected chi connectivity index (χ2v) is 8.98. The number of likely N-dealkylation sites (N-methyl/N-ethyl adjacent to an activating group) is 1. The van der Waals surface area contributed by atoms with E-state index in [1.54, 1.807) is 10.9 Å². The van der Waals surface area contributed by atoms with E-state index >= 15 is 0 Å². The van der Waals surface area contributed by atoms with Gasteiger partial charge >= 0.3 is 24.3 Å². The van der Waals surface area contributed by atoms with E-state index in [2.05, 4.69) is 52.3 Å². The minimum Gasteiger partial charge on any atom is -0.475 e. The van der Waals surface area contributed by atoms with Gasteiger partial charge in [-0.1, -0.05) is 30.3 Å². The Hall–Kier alpha value is -3.66. The number of piperazine rings is 1. The van der Waals surface area contributed by atoms with Crippen molar-refractivity contribution in [3.8, 4) is 0 Å². The number of benzene rings is 1. The number of hydrogen-bond acceptors (Lipinski definition) is 6. The summed E-state index contributed by atoms with van der Waals surface area (Å²) in [6.45, 7) is 4.22. The highest BCUT2D eigenvalue weighted by Gasteiger charge is 2.47. The van der Waals surface area contributed by atoms with Crippen molar-refractivity contribution in [1.82, 2.24) is 19.6 Å². The predicted molar refractivity (Wildman–Crippen MR) is 125 cm³/mol. The summed E-state index contributed by atoms with van der Waals surface area (Å²) in [7, 11) is 3.97. The summed E-state index contributed by atoms with van der Waals surface area (Å²) in [6, 6.07) is 10.6. The van der Waals surface area contributed by atoms with E-state index < -0.39 is 24.3 Å². The number of carboxylic acids is 2. The molecule has 0 bridgehead atoms. The van der Waals surface area contributed by atoms with Crippen LogP contribution in [0.15, 0.2) is 42.7 Å². The fourth-order valence-corrected chi connectivity index (χ4v) is 4.10. The third kappa shape index (κ3) is 8.95. The summed E-state index contributed by atoms with van der Waals surface area (Å²) in [4.78, 5) is 37.0. The monoisotopic (exact) mass is 567 g/mol. The Morgan fingerprint density at radius 2 is 1.51 bits per heavy atom. The van der Waals surface area contributed by atoms with Crippen molar-refractivity contribution < 1.29 is 50.9 Å². The molecule has 2 aliphatic heterocycles. The van der Waals surface area contributed by atoms with Crippen molar-refractivity contribution in [3.63, 3.8) is 0 Å². The number of rotatable bonds is 3. The van der Waals surface area contributed by atoms with Crippen LogP contribution in [0, 0.1) is 0 Å². The molecule has 2 aromatic rings. The van der Waals surface area contributed by atoms with Crippen LogP contribution in [-0.2, 0) is 28.0 Å². The second kappa shape index (κ2) is 12.5. The quantitative estimate of drug-likeness (QED) is 0.544. The molecule has 1 unspecified atom stereocenters. The van der Waals surface area contributed by atoms with E-state index in [-0.39, 0.29) is 11.4 Å². The van der Waals surface area contributed by atoms with Crippen LogP contribution >= 0.6 is 0 Å². The zero-order chi connectivity index (χ0) is 29.6. The molecule has 16 heteroatoms. The Kier molecular flexibility index (Phi) is 10.1. The van der Waals surface area contributed by atoms with Crippen molar-refractivity contribution in [2.45, 2.75) is 30.9 Å². The number of likely N-dealkylation sites (tertiary alicyclic amines) is 1. The number of aliphatic carboxylic acids is 2. The highest BCUT2D eigenvalue weighted by molar-refractivity contribution is 5.95. The van der Waals surface area contributed by atoms with Crippen LogP contribution in [0.1, 0.15) is 12.0 Å². The van der Waals surface area contributed by atoms with Crippen molar-refractivity contribution in [3.05, 3.63) is 48.3 Å². The second-order valence-electron chi connectivity index (χ2n) is 8.98. The van der Waals surface area contributed by atoms with Gasteiger partial charge in [-0.3, -0.25) is 19.3 Å². The average molecular weight is 567 g/mol. The summed E-state index contributed by atoms with van der Waals surface area (Å²) in [5, 5.41) is 18.5. The third-order valence-corrected chi connectivity index (χ3v) is 6.08. The molecule has 216 valence electrons. The van der Waals surface area contributed by atoms with Crippen LogP contribution in [0.5, 0.6) is 0 Å². The summed E-state index contributed by atoms with van der Waals surface area (Å²) < 4.78 is 65.2. The van der Waals surface area contributed by atoms with Gasteiger partial charge in [0.2, 0.25) is 5.91 Å². The van der Waals surface area contributed by atoms with Gasteiger partial charge in [0.05, 0.1) is 24.0 Å². The Balaban J connectivity index is 0.000000317. The van der Waals surface area contributed by atoms with Crippen LogP contribution in [-0.4, -0.2) is 98.8 Å². The van der Waals surface area contributed by atoms with Gasteiger partial charge in [0, 0.05) is 39.4 Å². The molecule has 2 N–H and O–H groups in total. The van der Waals surface area contributed by atoms with Gasteiger partial charge in [0.25, 0.3) is 0 Å². The van der Waals surface area contributed by atoms with Crippen LogP contribution < -0.4 is 4.90 Å². The maximum atomic E-state index is 12.6. The smallest absolute Gasteiger partial charge is 0.475 e. The highest BCUT2D eigenvalue weighted by atomic mass is 19.4. The minimum atomic E-state index is -5.08. The molecule has 2 saturated heterocycles. The number of alkyl halides is 6. The molecule has 1 aromatic carbocycles. The number of aryl methyl sites for hydroxylation is 1. The number of carbonyl (C=O) groups is 3. The molecule has 0 radical (unpaired) electrons. The Bertz CT molecular complexity index is 1120. The lowest BCUT2D eigenvalue weighted by molar-refractivity contribution is -0.193. The zero-order valence-electron chi connectivity index (χ0n) is 20.9. The van der Waals surface area contributed by atoms with Crippen LogP contribution in [0.3, 0.4) is 0 Å². The van der Waals surface area contributed by atoms with Crippen molar-refractivity contribution >= 4 is 23.5 Å². The largest absolute Gasteiger partial charge is 0.490 e. The van der Waals surface area contributed by atoms with Gasteiger partial charge in [-0.2, -0.15) is 31.4 Å². The maximum Gasteiger partial charge on any atom is 0.490 e. The molecular formula is C23H27F6N5O5. The van der Waals surface area contributed by atoms with E-state index in [1.807, 2.05) is 18.1 Å². The zero-order valence-corrected chi connectivity index (χ0v) is 20.9. The van der Waals surface area contributed by atoms with Crippen molar-refractivity contribution in [2.24, 2.45) is 7.05 Å². The number of aromatic nitrogens is 2. The highest BCUT2D eigenvalue weighted by Crippen LogP contribution is 2.33. The van der Waals surface area contributed by atoms with E-state index in [4.69, 9.17) is 19.8 Å². The molecule has 4 rings (SSSR count). The molecule has 1 aromatic heterocycles. The number of nitrogens with zero attached hydrogens (tertiary/aromatic N) is 5. The lowest BCUT2D eigenvalue weighted by Crippen LogP contribution is -2.64. The topological polar surface area (TPSA) is 119 Å². The number of anilines is 1. The number of halogens is 6. The lowest BCUT2D eigenvalue weighted by atomic mass is 9.93. The molecule has 1 amide bonds. The number of hydrogen-bond donors (Lipinski definition) is 2. The van der Waals surface area contributed by atoms with Crippen molar-refractivity contribution in [1.29, 1.82) is 0 Å². The fraction of sp³-hybridized carbons (Fsp3) is 0.478. The molecule has 3 heterocycles. The van der Waals surface area contributed by atoms with Crippen molar-refractivity contribution in [2.75, 3.05) is 38.1 Å². The summed E-state index contributed by atoms with van der Waals surface area (Å²) in [5.41, 5.74) is 2.28. The number of carboxylic acid groups (broad SMARTS) is 2. The SMILES string of the molecule is CN1CC(=O)N(c2cnn(C)c2)CC12CCN(Cc1ccccc1)C2.O=C(O)C(F)(F)F.O=C(O)C(F)(F)F. The molecule has 2 fully saturated rings. The van der Waals surface area contributed by atoms with Crippen LogP contribution in [0.25, 0.3) is 0 Å². The summed E-state index contributed by atoms with van der Waals surface area (Å²) >= 11 is 0. The maximum absolute atomic E-state index is 12.6. The Labute approximate surface area is 219 Å². The molecule has 10 nitrogen and oxygen atoms in total. The predicted octanol–water partition coefficient (Wildman–Crippen LogP) is 2.61. The third-order valence-electron chi connectivity index (χ3n) is 6.08. The Morgan fingerprint density at radius 3 is 1.97 bits per heavy atom. The molecule has 2 aliphatic rings.